The number of nitriles is 1. The van der Waals surface area contributed by atoms with Gasteiger partial charge in [0.25, 0.3) is 0 Å². The number of benzene rings is 1. The molecule has 2 aliphatic rings. The molecule has 0 saturated carbocycles. The average Bonchev–Trinajstić information content (AvgIpc) is 2.63. The van der Waals surface area contributed by atoms with E-state index in [1.165, 1.54) is 0 Å². The van der Waals surface area contributed by atoms with E-state index in [0.29, 0.717) is 23.8 Å². The van der Waals surface area contributed by atoms with Gasteiger partial charge in [-0.15, -0.1) is 0 Å². The maximum Gasteiger partial charge on any atom is 0.222 e. The number of carbonyl (C=O) groups is 1. The molecule has 2 heterocycles. The van der Waals surface area contributed by atoms with Crippen LogP contribution < -0.4 is 10.2 Å². The molecular formula is C18H24N4O. The number of rotatable bonds is 3. The van der Waals surface area contributed by atoms with Crippen LogP contribution in [0.3, 0.4) is 0 Å². The number of anilines is 1. The molecule has 3 rings (SSSR count). The van der Waals surface area contributed by atoms with Gasteiger partial charge < -0.3 is 15.1 Å². The SMILES string of the molecule is N#Cc1ccc(N2CCN(C(=O)CC3CCNCC3)CC2)cc1. The predicted octanol–water partition coefficient (Wildman–Crippen LogP) is 1.60. The first-order valence-corrected chi connectivity index (χ1v) is 8.50. The van der Waals surface area contributed by atoms with Crippen molar-refractivity contribution in [1.82, 2.24) is 10.2 Å². The van der Waals surface area contributed by atoms with Gasteiger partial charge in [-0.3, -0.25) is 4.79 Å². The van der Waals surface area contributed by atoms with E-state index in [1.807, 2.05) is 29.2 Å². The number of piperazine rings is 1. The summed E-state index contributed by atoms with van der Waals surface area (Å²) in [6.45, 7) is 5.41. The van der Waals surface area contributed by atoms with Crippen LogP contribution in [-0.4, -0.2) is 50.1 Å². The summed E-state index contributed by atoms with van der Waals surface area (Å²) in [5.74, 6) is 0.872. The quantitative estimate of drug-likeness (QED) is 0.921. The summed E-state index contributed by atoms with van der Waals surface area (Å²) in [4.78, 5) is 16.7. The minimum Gasteiger partial charge on any atom is -0.368 e. The molecule has 2 saturated heterocycles. The zero-order chi connectivity index (χ0) is 16.1. The van der Waals surface area contributed by atoms with Gasteiger partial charge in [0.2, 0.25) is 5.91 Å². The summed E-state index contributed by atoms with van der Waals surface area (Å²) >= 11 is 0. The van der Waals surface area contributed by atoms with Crippen molar-refractivity contribution in [2.45, 2.75) is 19.3 Å². The van der Waals surface area contributed by atoms with Crippen molar-refractivity contribution in [2.24, 2.45) is 5.92 Å². The van der Waals surface area contributed by atoms with E-state index in [4.69, 9.17) is 5.26 Å². The van der Waals surface area contributed by atoms with Crippen LogP contribution in [0.5, 0.6) is 0 Å². The summed E-state index contributed by atoms with van der Waals surface area (Å²) in [6.07, 6.45) is 2.95. The Morgan fingerprint density at radius 2 is 1.78 bits per heavy atom. The van der Waals surface area contributed by atoms with Gasteiger partial charge in [-0.1, -0.05) is 0 Å². The fourth-order valence-corrected chi connectivity index (χ4v) is 3.42. The molecule has 0 radical (unpaired) electrons. The van der Waals surface area contributed by atoms with E-state index in [2.05, 4.69) is 16.3 Å². The Morgan fingerprint density at radius 1 is 1.13 bits per heavy atom. The normalized spacial score (nSPS) is 19.4. The number of amides is 1. The first kappa shape index (κ1) is 15.8. The van der Waals surface area contributed by atoms with Crippen LogP contribution in [0.15, 0.2) is 24.3 Å². The van der Waals surface area contributed by atoms with E-state index in [-0.39, 0.29) is 0 Å². The van der Waals surface area contributed by atoms with E-state index in [1.54, 1.807) is 0 Å². The highest BCUT2D eigenvalue weighted by Crippen LogP contribution is 2.20. The summed E-state index contributed by atoms with van der Waals surface area (Å²) in [7, 11) is 0. The molecular weight excluding hydrogens is 288 g/mol. The standard InChI is InChI=1S/C18H24N4O/c19-14-16-1-3-17(4-2-16)21-9-11-22(12-10-21)18(23)13-15-5-7-20-8-6-15/h1-4,15,20H,5-13H2. The van der Waals surface area contributed by atoms with Gasteiger partial charge in [0.15, 0.2) is 0 Å². The highest BCUT2D eigenvalue weighted by atomic mass is 16.2. The zero-order valence-corrected chi connectivity index (χ0v) is 13.5. The van der Waals surface area contributed by atoms with Crippen molar-refractivity contribution in [3.63, 3.8) is 0 Å². The van der Waals surface area contributed by atoms with Crippen molar-refractivity contribution >= 4 is 11.6 Å². The fourth-order valence-electron chi connectivity index (χ4n) is 3.42. The van der Waals surface area contributed by atoms with Crippen LogP contribution in [-0.2, 0) is 4.79 Å². The second kappa shape index (κ2) is 7.47. The topological polar surface area (TPSA) is 59.4 Å². The first-order valence-electron chi connectivity index (χ1n) is 8.50. The Morgan fingerprint density at radius 3 is 2.39 bits per heavy atom. The molecule has 5 nitrogen and oxygen atoms in total. The van der Waals surface area contributed by atoms with Gasteiger partial charge in [-0.05, 0) is 56.1 Å². The van der Waals surface area contributed by atoms with E-state index >= 15 is 0 Å². The van der Waals surface area contributed by atoms with Gasteiger partial charge in [0, 0.05) is 38.3 Å². The third kappa shape index (κ3) is 4.02. The fraction of sp³-hybridized carbons (Fsp3) is 0.556. The smallest absolute Gasteiger partial charge is 0.222 e. The maximum absolute atomic E-state index is 12.4. The summed E-state index contributed by atoms with van der Waals surface area (Å²) in [5.41, 5.74) is 1.82. The molecule has 0 aromatic heterocycles. The van der Waals surface area contributed by atoms with Gasteiger partial charge in [-0.2, -0.15) is 5.26 Å². The monoisotopic (exact) mass is 312 g/mol. The number of carbonyl (C=O) groups excluding carboxylic acids is 1. The molecule has 0 unspecified atom stereocenters. The number of hydrogen-bond donors (Lipinski definition) is 1. The highest BCUT2D eigenvalue weighted by molar-refractivity contribution is 5.76. The molecule has 2 fully saturated rings. The Labute approximate surface area is 137 Å². The lowest BCUT2D eigenvalue weighted by Crippen LogP contribution is -2.49. The lowest BCUT2D eigenvalue weighted by Gasteiger charge is -2.37. The van der Waals surface area contributed by atoms with E-state index in [9.17, 15) is 4.79 Å². The zero-order valence-electron chi connectivity index (χ0n) is 13.5. The van der Waals surface area contributed by atoms with Gasteiger partial charge in [0.1, 0.15) is 0 Å². The number of hydrogen-bond acceptors (Lipinski definition) is 4. The Hall–Kier alpha value is -2.06. The maximum atomic E-state index is 12.4. The van der Waals surface area contributed by atoms with E-state index in [0.717, 1.165) is 57.8 Å². The summed E-state index contributed by atoms with van der Waals surface area (Å²) in [5, 5.41) is 12.2. The molecule has 2 aliphatic heterocycles. The van der Waals surface area contributed by atoms with Crippen molar-refractivity contribution in [2.75, 3.05) is 44.2 Å². The molecule has 0 bridgehead atoms. The van der Waals surface area contributed by atoms with Crippen LogP contribution in [0.2, 0.25) is 0 Å². The van der Waals surface area contributed by atoms with Crippen LogP contribution in [0, 0.1) is 17.2 Å². The van der Waals surface area contributed by atoms with E-state index < -0.39 is 0 Å². The third-order valence-electron chi connectivity index (χ3n) is 4.92. The van der Waals surface area contributed by atoms with Crippen molar-refractivity contribution in [3.8, 4) is 6.07 Å². The van der Waals surface area contributed by atoms with Gasteiger partial charge >= 0.3 is 0 Å². The number of piperidine rings is 1. The molecule has 0 spiro atoms. The second-order valence-corrected chi connectivity index (χ2v) is 6.42. The molecule has 0 aliphatic carbocycles. The van der Waals surface area contributed by atoms with Crippen molar-refractivity contribution in [3.05, 3.63) is 29.8 Å². The number of nitrogens with zero attached hydrogens (tertiary/aromatic N) is 3. The van der Waals surface area contributed by atoms with Crippen LogP contribution in [0.1, 0.15) is 24.8 Å². The van der Waals surface area contributed by atoms with Crippen LogP contribution >= 0.6 is 0 Å². The van der Waals surface area contributed by atoms with Crippen LogP contribution in [0.25, 0.3) is 0 Å². The minimum atomic E-state index is 0.316. The molecule has 5 heteroatoms. The molecule has 1 aromatic carbocycles. The number of nitrogens with one attached hydrogen (secondary N) is 1. The first-order chi connectivity index (χ1) is 11.3. The lowest BCUT2D eigenvalue weighted by molar-refractivity contribution is -0.132. The second-order valence-electron chi connectivity index (χ2n) is 6.42. The minimum absolute atomic E-state index is 0.316. The molecule has 0 atom stereocenters. The molecule has 1 aromatic rings. The molecule has 1 amide bonds. The summed E-state index contributed by atoms with van der Waals surface area (Å²) in [6, 6.07) is 9.83. The van der Waals surface area contributed by atoms with Gasteiger partial charge in [0.05, 0.1) is 11.6 Å². The van der Waals surface area contributed by atoms with Crippen molar-refractivity contribution < 1.29 is 4.79 Å². The van der Waals surface area contributed by atoms with Gasteiger partial charge in [-0.25, -0.2) is 0 Å². The summed E-state index contributed by atoms with van der Waals surface area (Å²) < 4.78 is 0. The Balaban J connectivity index is 1.49. The highest BCUT2D eigenvalue weighted by Gasteiger charge is 2.24. The average molecular weight is 312 g/mol. The third-order valence-corrected chi connectivity index (χ3v) is 4.92. The predicted molar refractivity (Wildman–Crippen MR) is 90.2 cm³/mol. The molecule has 23 heavy (non-hydrogen) atoms. The lowest BCUT2D eigenvalue weighted by atomic mass is 9.94. The van der Waals surface area contributed by atoms with Crippen molar-refractivity contribution in [1.29, 1.82) is 5.26 Å². The Bertz CT molecular complexity index is 564. The Kier molecular flexibility index (Phi) is 5.14. The largest absolute Gasteiger partial charge is 0.368 e. The molecule has 122 valence electrons. The molecule has 1 N–H and O–H groups in total. The van der Waals surface area contributed by atoms with Crippen LogP contribution in [0.4, 0.5) is 5.69 Å².